The Kier molecular flexibility index (Phi) is 2.32. The summed E-state index contributed by atoms with van der Waals surface area (Å²) in [7, 11) is 0. The molecular weight excluding hydrogens is 126 g/mol. The van der Waals surface area contributed by atoms with Crippen LogP contribution in [0, 0.1) is 0 Å². The first-order valence-electron chi connectivity index (χ1n) is 4.02. The molecule has 10 heavy (non-hydrogen) atoms. The first-order valence-corrected chi connectivity index (χ1v) is 4.02. The van der Waals surface area contributed by atoms with Crippen LogP contribution in [-0.4, -0.2) is 24.3 Å². The van der Waals surface area contributed by atoms with Crippen LogP contribution < -0.4 is 5.32 Å². The van der Waals surface area contributed by atoms with Crippen molar-refractivity contribution in [2.24, 2.45) is 0 Å². The highest BCUT2D eigenvalue weighted by Crippen LogP contribution is 2.12. The fraction of sp³-hybridized carbons (Fsp3) is 1.00. The summed E-state index contributed by atoms with van der Waals surface area (Å²) in [5, 5.41) is 3.45. The van der Waals surface area contributed by atoms with Gasteiger partial charge in [0.05, 0.1) is 12.2 Å². The van der Waals surface area contributed by atoms with E-state index in [-0.39, 0.29) is 0 Å². The third-order valence-electron chi connectivity index (χ3n) is 2.36. The van der Waals surface area contributed by atoms with Crippen molar-refractivity contribution in [1.29, 1.82) is 0 Å². The molecule has 0 aromatic heterocycles. The fourth-order valence-electron chi connectivity index (χ4n) is 1.26. The lowest BCUT2D eigenvalue weighted by atomic mass is 10.1. The first-order chi connectivity index (χ1) is 4.61. The molecule has 4 atom stereocenters. The van der Waals surface area contributed by atoms with Crippen LogP contribution in [0.2, 0.25) is 0 Å². The predicted octanol–water partition coefficient (Wildman–Crippen LogP) is 1.16. The molecule has 1 aliphatic heterocycles. The summed E-state index contributed by atoms with van der Waals surface area (Å²) >= 11 is 0. The molecule has 1 aliphatic rings. The summed E-state index contributed by atoms with van der Waals surface area (Å²) in [4.78, 5) is 0. The number of hydrogen-bond donors (Lipinski definition) is 1. The van der Waals surface area contributed by atoms with Gasteiger partial charge in [0, 0.05) is 12.1 Å². The lowest BCUT2D eigenvalue weighted by molar-refractivity contribution is -0.0620. The van der Waals surface area contributed by atoms with Crippen LogP contribution in [0.15, 0.2) is 0 Å². The summed E-state index contributed by atoms with van der Waals surface area (Å²) in [5.74, 6) is 0. The standard InChI is InChI=1S/C8H17NO/c1-5-7(3)10-8(4)6(2)9-5/h5-9H,1-4H3/t5-,6-,7+,8+/m1/s1. The molecule has 0 aromatic carbocycles. The minimum Gasteiger partial charge on any atom is -0.372 e. The lowest BCUT2D eigenvalue weighted by Crippen LogP contribution is -2.54. The van der Waals surface area contributed by atoms with Gasteiger partial charge in [0.25, 0.3) is 0 Å². The zero-order chi connectivity index (χ0) is 7.72. The van der Waals surface area contributed by atoms with E-state index in [2.05, 4.69) is 33.0 Å². The Balaban J connectivity index is 2.46. The highest BCUT2D eigenvalue weighted by Gasteiger charge is 2.26. The fourth-order valence-corrected chi connectivity index (χ4v) is 1.26. The van der Waals surface area contributed by atoms with Crippen LogP contribution in [-0.2, 0) is 4.74 Å². The van der Waals surface area contributed by atoms with Gasteiger partial charge in [-0.2, -0.15) is 0 Å². The molecule has 0 bridgehead atoms. The van der Waals surface area contributed by atoms with Crippen LogP contribution in [0.3, 0.4) is 0 Å². The molecule has 1 saturated heterocycles. The summed E-state index contributed by atoms with van der Waals surface area (Å²) < 4.78 is 5.65. The monoisotopic (exact) mass is 143 g/mol. The molecule has 0 aromatic rings. The maximum atomic E-state index is 5.65. The van der Waals surface area contributed by atoms with Crippen molar-refractivity contribution in [1.82, 2.24) is 5.32 Å². The van der Waals surface area contributed by atoms with Gasteiger partial charge in [0.2, 0.25) is 0 Å². The van der Waals surface area contributed by atoms with E-state index in [0.717, 1.165) is 0 Å². The Hall–Kier alpha value is -0.0800. The van der Waals surface area contributed by atoms with Gasteiger partial charge < -0.3 is 10.1 Å². The Morgan fingerprint density at radius 3 is 1.60 bits per heavy atom. The number of rotatable bonds is 0. The van der Waals surface area contributed by atoms with Crippen molar-refractivity contribution >= 4 is 0 Å². The molecule has 0 amide bonds. The second kappa shape index (κ2) is 2.89. The molecule has 0 radical (unpaired) electrons. The molecule has 1 N–H and O–H groups in total. The van der Waals surface area contributed by atoms with Crippen molar-refractivity contribution in [3.63, 3.8) is 0 Å². The molecule has 0 spiro atoms. The van der Waals surface area contributed by atoms with Gasteiger partial charge in [-0.1, -0.05) is 0 Å². The summed E-state index contributed by atoms with van der Waals surface area (Å²) in [6.07, 6.45) is 0.706. The number of ether oxygens (including phenoxy) is 1. The smallest absolute Gasteiger partial charge is 0.0701 e. The third-order valence-corrected chi connectivity index (χ3v) is 2.36. The molecule has 0 aliphatic carbocycles. The average molecular weight is 143 g/mol. The largest absolute Gasteiger partial charge is 0.372 e. The SMILES string of the molecule is C[C@@H]1O[C@@H](C)[C@@H](C)N[C@@H]1C. The lowest BCUT2D eigenvalue weighted by Gasteiger charge is -2.37. The van der Waals surface area contributed by atoms with Crippen molar-refractivity contribution < 1.29 is 4.74 Å². The minimum atomic E-state index is 0.353. The quantitative estimate of drug-likeness (QED) is 0.549. The highest BCUT2D eigenvalue weighted by atomic mass is 16.5. The van der Waals surface area contributed by atoms with Crippen LogP contribution in [0.1, 0.15) is 27.7 Å². The second-order valence-corrected chi connectivity index (χ2v) is 3.29. The molecule has 0 saturated carbocycles. The van der Waals surface area contributed by atoms with Crippen molar-refractivity contribution in [3.05, 3.63) is 0 Å². The zero-order valence-electron chi connectivity index (χ0n) is 7.22. The zero-order valence-corrected chi connectivity index (χ0v) is 7.22. The van der Waals surface area contributed by atoms with Crippen LogP contribution >= 0.6 is 0 Å². The minimum absolute atomic E-state index is 0.353. The predicted molar refractivity (Wildman–Crippen MR) is 42.1 cm³/mol. The highest BCUT2D eigenvalue weighted by molar-refractivity contribution is 4.82. The van der Waals surface area contributed by atoms with Gasteiger partial charge in [0.15, 0.2) is 0 Å². The summed E-state index contributed by atoms with van der Waals surface area (Å²) in [6.45, 7) is 8.54. The molecule has 60 valence electrons. The van der Waals surface area contributed by atoms with E-state index in [0.29, 0.717) is 24.3 Å². The number of nitrogens with one attached hydrogen (secondary N) is 1. The molecule has 1 fully saturated rings. The number of hydrogen-bond acceptors (Lipinski definition) is 2. The van der Waals surface area contributed by atoms with Crippen LogP contribution in [0.4, 0.5) is 0 Å². The Labute approximate surface area is 63.0 Å². The molecule has 0 unspecified atom stereocenters. The van der Waals surface area contributed by atoms with Crippen molar-refractivity contribution in [2.75, 3.05) is 0 Å². The van der Waals surface area contributed by atoms with E-state index in [1.165, 1.54) is 0 Å². The average Bonchev–Trinajstić information content (AvgIpc) is 1.84. The Bertz CT molecular complexity index is 89.8. The maximum absolute atomic E-state index is 5.65. The molecular formula is C8H17NO. The summed E-state index contributed by atoms with van der Waals surface area (Å²) in [6, 6.07) is 0.984. The van der Waals surface area contributed by atoms with Gasteiger partial charge in [0.1, 0.15) is 0 Å². The normalized spacial score (nSPS) is 49.2. The van der Waals surface area contributed by atoms with Gasteiger partial charge in [-0.25, -0.2) is 0 Å². The Morgan fingerprint density at radius 2 is 1.30 bits per heavy atom. The van der Waals surface area contributed by atoms with Gasteiger partial charge in [-0.05, 0) is 27.7 Å². The maximum Gasteiger partial charge on any atom is 0.0701 e. The number of morpholine rings is 1. The van der Waals surface area contributed by atoms with E-state index in [1.807, 2.05) is 0 Å². The first kappa shape index (κ1) is 8.02. The molecule has 2 nitrogen and oxygen atoms in total. The second-order valence-electron chi connectivity index (χ2n) is 3.29. The third kappa shape index (κ3) is 1.50. The Morgan fingerprint density at radius 1 is 0.900 bits per heavy atom. The van der Waals surface area contributed by atoms with Gasteiger partial charge in [-0.3, -0.25) is 0 Å². The van der Waals surface area contributed by atoms with Gasteiger partial charge >= 0.3 is 0 Å². The van der Waals surface area contributed by atoms with E-state index in [9.17, 15) is 0 Å². The van der Waals surface area contributed by atoms with Crippen molar-refractivity contribution in [2.45, 2.75) is 52.0 Å². The van der Waals surface area contributed by atoms with E-state index in [1.54, 1.807) is 0 Å². The van der Waals surface area contributed by atoms with Crippen LogP contribution in [0.5, 0.6) is 0 Å². The summed E-state index contributed by atoms with van der Waals surface area (Å²) in [5.41, 5.74) is 0. The van der Waals surface area contributed by atoms with E-state index in [4.69, 9.17) is 4.74 Å². The van der Waals surface area contributed by atoms with Crippen molar-refractivity contribution in [3.8, 4) is 0 Å². The van der Waals surface area contributed by atoms with E-state index >= 15 is 0 Å². The molecule has 1 heterocycles. The van der Waals surface area contributed by atoms with Gasteiger partial charge in [-0.15, -0.1) is 0 Å². The molecule has 1 rings (SSSR count). The van der Waals surface area contributed by atoms with E-state index < -0.39 is 0 Å². The topological polar surface area (TPSA) is 21.3 Å². The van der Waals surface area contributed by atoms with Crippen LogP contribution in [0.25, 0.3) is 0 Å². The molecule has 2 heteroatoms.